The van der Waals surface area contributed by atoms with Crippen LogP contribution in [0, 0.1) is 5.82 Å². The van der Waals surface area contributed by atoms with Crippen molar-refractivity contribution >= 4 is 12.6 Å². The first kappa shape index (κ1) is 14.6. The quantitative estimate of drug-likeness (QED) is 0.582. The molecule has 2 nitrogen and oxygen atoms in total. The number of hydrogen-bond donors (Lipinski definition) is 1. The Morgan fingerprint density at radius 1 is 1.21 bits per heavy atom. The molecular weight excluding hydrogens is 284 g/mol. The van der Waals surface area contributed by atoms with Crippen LogP contribution in [-0.2, 0) is 15.3 Å². The molecular formula is C12H12F4O2S. The second-order valence-electron chi connectivity index (χ2n) is 4.15. The summed E-state index contributed by atoms with van der Waals surface area (Å²) >= 11 is 3.98. The van der Waals surface area contributed by atoms with Crippen molar-refractivity contribution in [1.29, 1.82) is 0 Å². The summed E-state index contributed by atoms with van der Waals surface area (Å²) in [6, 6.07) is 2.08. The Hall–Kier alpha value is -0.790. The van der Waals surface area contributed by atoms with Crippen molar-refractivity contribution in [3.63, 3.8) is 0 Å². The monoisotopic (exact) mass is 296 g/mol. The number of benzene rings is 1. The lowest BCUT2D eigenvalue weighted by Gasteiger charge is -2.30. The van der Waals surface area contributed by atoms with Crippen molar-refractivity contribution in [3.05, 3.63) is 29.1 Å². The normalized spacial score (nSPS) is 26.3. The van der Waals surface area contributed by atoms with Crippen LogP contribution in [0.25, 0.3) is 0 Å². The molecule has 0 unspecified atom stereocenters. The third-order valence-corrected chi connectivity index (χ3v) is 3.58. The zero-order valence-corrected chi connectivity index (χ0v) is 9.82. The van der Waals surface area contributed by atoms with Crippen LogP contribution in [0.2, 0.25) is 0 Å². The maximum Gasteiger partial charge on any atom is 0.340 e. The predicted molar refractivity (Wildman–Crippen MR) is 62.8 cm³/mol. The van der Waals surface area contributed by atoms with Crippen molar-refractivity contribution in [3.8, 4) is 0 Å². The molecule has 1 aliphatic heterocycles. The van der Waals surface area contributed by atoms with Gasteiger partial charge in [-0.15, -0.1) is 12.6 Å². The van der Waals surface area contributed by atoms with Gasteiger partial charge in [0.1, 0.15) is 5.82 Å². The van der Waals surface area contributed by atoms with Crippen molar-refractivity contribution in [2.75, 3.05) is 13.2 Å². The number of hydrogen-bond acceptors (Lipinski definition) is 3. The zero-order valence-electron chi connectivity index (χ0n) is 8.92. The molecule has 19 heavy (non-hydrogen) atoms. The van der Waals surface area contributed by atoms with Gasteiger partial charge in [-0.05, 0) is 12.1 Å². The smallest absolute Gasteiger partial charge is 0.339 e. The molecule has 0 N–H and O–H groups in total. The van der Waals surface area contributed by atoms with E-state index in [1.165, 1.54) is 6.07 Å². The fourth-order valence-electron chi connectivity index (χ4n) is 2.44. The second-order valence-corrected chi connectivity index (χ2v) is 4.64. The average Bonchev–Trinajstić information content (AvgIpc) is 2.86. The summed E-state index contributed by atoms with van der Waals surface area (Å²) in [5, 5.41) is 0. The minimum absolute atomic E-state index is 0. The van der Waals surface area contributed by atoms with Gasteiger partial charge in [0, 0.05) is 16.0 Å². The second kappa shape index (κ2) is 4.36. The lowest BCUT2D eigenvalue weighted by Crippen LogP contribution is -2.44. The first-order valence-electron chi connectivity index (χ1n) is 5.23. The van der Waals surface area contributed by atoms with Crippen LogP contribution < -0.4 is 0 Å². The van der Waals surface area contributed by atoms with Gasteiger partial charge in [0.15, 0.2) is 6.17 Å². The Balaban J connectivity index is 0.00000133. The zero-order chi connectivity index (χ0) is 13.1. The van der Waals surface area contributed by atoms with E-state index < -0.39 is 29.3 Å². The summed E-state index contributed by atoms with van der Waals surface area (Å²) in [5.74, 6) is -7.59. The predicted octanol–water partition coefficient (Wildman–Crippen LogP) is 3.61. The van der Waals surface area contributed by atoms with Gasteiger partial charge in [-0.25, -0.2) is 8.78 Å². The molecule has 1 aliphatic carbocycles. The van der Waals surface area contributed by atoms with E-state index in [9.17, 15) is 17.6 Å². The van der Waals surface area contributed by atoms with E-state index in [0.29, 0.717) is 0 Å². The van der Waals surface area contributed by atoms with Crippen LogP contribution in [0.3, 0.4) is 0 Å². The third-order valence-electron chi connectivity index (χ3n) is 3.20. The molecule has 106 valence electrons. The van der Waals surface area contributed by atoms with E-state index in [1.807, 2.05) is 0 Å². The highest BCUT2D eigenvalue weighted by atomic mass is 32.1. The molecule has 0 aromatic heterocycles. The number of thiol groups is 1. The molecule has 1 aromatic rings. The maximum absolute atomic E-state index is 14.0. The number of alkyl halides is 3. The summed E-state index contributed by atoms with van der Waals surface area (Å²) in [6.07, 6.45) is -2.81. The third kappa shape index (κ3) is 1.58. The Labute approximate surface area is 113 Å². The first-order chi connectivity index (χ1) is 8.42. The Morgan fingerprint density at radius 3 is 2.37 bits per heavy atom. The Bertz CT molecular complexity index is 515. The molecule has 1 atom stereocenters. The van der Waals surface area contributed by atoms with Crippen molar-refractivity contribution in [2.45, 2.75) is 30.2 Å². The molecule has 1 heterocycles. The highest BCUT2D eigenvalue weighted by Gasteiger charge is 2.72. The average molecular weight is 296 g/mol. The molecule has 0 bridgehead atoms. The van der Waals surface area contributed by atoms with E-state index >= 15 is 0 Å². The Kier molecular flexibility index (Phi) is 3.35. The fourth-order valence-corrected chi connectivity index (χ4v) is 2.78. The maximum atomic E-state index is 14.0. The van der Waals surface area contributed by atoms with E-state index in [2.05, 4.69) is 12.6 Å². The summed E-state index contributed by atoms with van der Waals surface area (Å²) < 4.78 is 65.3. The summed E-state index contributed by atoms with van der Waals surface area (Å²) in [5.41, 5.74) is -1.07. The number of rotatable bonds is 0. The van der Waals surface area contributed by atoms with Gasteiger partial charge >= 0.3 is 5.92 Å². The SMILES string of the molecule is C.Fc1ccc(S)c2c1[C@@H](F)C(F)(F)C21OCCO1. The van der Waals surface area contributed by atoms with Gasteiger partial charge in [0.05, 0.1) is 13.2 Å². The molecule has 0 radical (unpaired) electrons. The van der Waals surface area contributed by atoms with Gasteiger partial charge < -0.3 is 9.47 Å². The summed E-state index contributed by atoms with van der Waals surface area (Å²) in [6.45, 7) is -0.211. The summed E-state index contributed by atoms with van der Waals surface area (Å²) in [7, 11) is 0. The number of ether oxygens (including phenoxy) is 2. The van der Waals surface area contributed by atoms with E-state index in [1.54, 1.807) is 0 Å². The summed E-state index contributed by atoms with van der Waals surface area (Å²) in [4.78, 5) is 0.0214. The molecule has 1 spiro atoms. The topological polar surface area (TPSA) is 18.5 Å². The molecule has 0 saturated carbocycles. The minimum Gasteiger partial charge on any atom is -0.339 e. The number of fused-ring (bicyclic) bond motifs is 2. The number of halogens is 4. The van der Waals surface area contributed by atoms with Crippen molar-refractivity contribution < 1.29 is 27.0 Å². The highest BCUT2D eigenvalue weighted by Crippen LogP contribution is 2.61. The van der Waals surface area contributed by atoms with Gasteiger partial charge in [-0.2, -0.15) is 8.78 Å². The van der Waals surface area contributed by atoms with Gasteiger partial charge in [-0.1, -0.05) is 7.43 Å². The van der Waals surface area contributed by atoms with Crippen molar-refractivity contribution in [1.82, 2.24) is 0 Å². The molecule has 1 saturated heterocycles. The molecule has 7 heteroatoms. The van der Waals surface area contributed by atoms with Crippen LogP contribution in [0.1, 0.15) is 24.7 Å². The molecule has 1 aromatic carbocycles. The lowest BCUT2D eigenvalue weighted by atomic mass is 10.1. The van der Waals surface area contributed by atoms with Gasteiger partial charge in [0.25, 0.3) is 5.79 Å². The van der Waals surface area contributed by atoms with E-state index in [4.69, 9.17) is 9.47 Å². The van der Waals surface area contributed by atoms with E-state index in [-0.39, 0.29) is 31.1 Å². The van der Waals surface area contributed by atoms with E-state index in [0.717, 1.165) is 6.07 Å². The lowest BCUT2D eigenvalue weighted by molar-refractivity contribution is -0.308. The van der Waals surface area contributed by atoms with Crippen LogP contribution >= 0.6 is 12.6 Å². The van der Waals surface area contributed by atoms with Crippen molar-refractivity contribution in [2.24, 2.45) is 0 Å². The van der Waals surface area contributed by atoms with Crippen LogP contribution in [-0.4, -0.2) is 19.1 Å². The first-order valence-corrected chi connectivity index (χ1v) is 5.68. The molecule has 2 aliphatic rings. The molecule has 1 fully saturated rings. The van der Waals surface area contributed by atoms with Crippen LogP contribution in [0.5, 0.6) is 0 Å². The molecule has 0 amide bonds. The largest absolute Gasteiger partial charge is 0.340 e. The standard InChI is InChI=1S/C11H8F4O2S.CH4/c12-5-1-2-6(18)8-7(5)9(13)10(14,15)11(8)16-3-4-17-11;/h1-2,9,18H,3-4H2;1H4/t9-;/m1./s1. The highest BCUT2D eigenvalue weighted by molar-refractivity contribution is 7.80. The van der Waals surface area contributed by atoms with Gasteiger partial charge in [-0.3, -0.25) is 0 Å². The Morgan fingerprint density at radius 2 is 1.79 bits per heavy atom. The molecule has 3 rings (SSSR count). The minimum atomic E-state index is -3.98. The van der Waals surface area contributed by atoms with Crippen LogP contribution in [0.15, 0.2) is 17.0 Å². The van der Waals surface area contributed by atoms with Crippen LogP contribution in [0.4, 0.5) is 17.6 Å². The van der Waals surface area contributed by atoms with Gasteiger partial charge in [0.2, 0.25) is 0 Å². The fraction of sp³-hybridized carbons (Fsp3) is 0.500.